The highest BCUT2D eigenvalue weighted by molar-refractivity contribution is 7.81. The molecule has 5 rings (SSSR count). The summed E-state index contributed by atoms with van der Waals surface area (Å²) in [6, 6.07) is 27.6. The number of fused-ring (bicyclic) bond motifs is 1. The number of halogens is 1. The SMILES string of the molecule is C=C(C)c1ccccc1CCC(c1cccc(/C=C/c2ccc3ccc(Cl)cc3n2)c1)[C@H](S)C1CC1. The van der Waals surface area contributed by atoms with E-state index in [0.29, 0.717) is 16.2 Å². The van der Waals surface area contributed by atoms with Gasteiger partial charge in [-0.15, -0.1) is 0 Å². The van der Waals surface area contributed by atoms with Crippen LogP contribution >= 0.6 is 24.2 Å². The van der Waals surface area contributed by atoms with Crippen LogP contribution in [0.2, 0.25) is 5.02 Å². The molecular formula is C33H32ClNS. The van der Waals surface area contributed by atoms with E-state index in [4.69, 9.17) is 29.2 Å². The Morgan fingerprint density at radius 2 is 1.83 bits per heavy atom. The fraction of sp³-hybridized carbons (Fsp3) is 0.242. The molecule has 1 unspecified atom stereocenters. The molecule has 1 aliphatic carbocycles. The van der Waals surface area contributed by atoms with Crippen LogP contribution in [0.5, 0.6) is 0 Å². The van der Waals surface area contributed by atoms with Gasteiger partial charge in [-0.2, -0.15) is 12.6 Å². The number of allylic oxidation sites excluding steroid dienone is 1. The topological polar surface area (TPSA) is 12.9 Å². The van der Waals surface area contributed by atoms with Gasteiger partial charge in [0.15, 0.2) is 0 Å². The molecule has 3 aromatic carbocycles. The smallest absolute Gasteiger partial charge is 0.0724 e. The van der Waals surface area contributed by atoms with Gasteiger partial charge in [0, 0.05) is 15.7 Å². The van der Waals surface area contributed by atoms with E-state index in [1.165, 1.54) is 35.1 Å². The fourth-order valence-corrected chi connectivity index (χ4v) is 5.83. The first-order chi connectivity index (χ1) is 17.5. The standard InChI is InChI=1S/C33H32ClNS/c1-22(2)30-9-4-3-7-24(30)15-19-31(33(36)26-11-12-26)27-8-5-6-23(20-27)10-17-29-18-14-25-13-16-28(34)21-32(25)35-29/h3-10,13-14,16-18,20-21,26,31,33,36H,1,11-12,15,19H2,2H3/b17-10+/t31?,33-/m1/s1. The molecule has 36 heavy (non-hydrogen) atoms. The molecule has 3 heteroatoms. The molecule has 0 saturated heterocycles. The Bertz CT molecular complexity index is 1420. The van der Waals surface area contributed by atoms with E-state index in [-0.39, 0.29) is 0 Å². The molecule has 1 aliphatic rings. The maximum atomic E-state index is 6.16. The van der Waals surface area contributed by atoms with Gasteiger partial charge >= 0.3 is 0 Å². The molecule has 0 bridgehead atoms. The summed E-state index contributed by atoms with van der Waals surface area (Å²) in [5, 5.41) is 2.18. The zero-order chi connectivity index (χ0) is 25.1. The Hall–Kier alpha value is -2.81. The lowest BCUT2D eigenvalue weighted by molar-refractivity contribution is 0.558. The minimum absolute atomic E-state index is 0.383. The third-order valence-corrected chi connectivity index (χ3v) is 8.20. The van der Waals surface area contributed by atoms with Crippen LogP contribution in [-0.2, 0) is 6.42 Å². The summed E-state index contributed by atoms with van der Waals surface area (Å²) < 4.78 is 0. The molecular weight excluding hydrogens is 478 g/mol. The first-order valence-electron chi connectivity index (χ1n) is 12.7. The van der Waals surface area contributed by atoms with Gasteiger partial charge < -0.3 is 0 Å². The highest BCUT2D eigenvalue weighted by Gasteiger charge is 2.34. The number of rotatable bonds is 9. The number of thiol groups is 1. The highest BCUT2D eigenvalue weighted by atomic mass is 35.5. The fourth-order valence-electron chi connectivity index (χ4n) is 5.04. The summed E-state index contributed by atoms with van der Waals surface area (Å²) in [4.78, 5) is 4.76. The number of pyridine rings is 1. The quantitative estimate of drug-likeness (QED) is 0.221. The van der Waals surface area contributed by atoms with Gasteiger partial charge in [-0.05, 0) is 91.0 Å². The van der Waals surface area contributed by atoms with Crippen LogP contribution < -0.4 is 0 Å². The van der Waals surface area contributed by atoms with Crippen LogP contribution in [0.1, 0.15) is 60.1 Å². The third kappa shape index (κ3) is 5.94. The molecule has 1 fully saturated rings. The van der Waals surface area contributed by atoms with Crippen molar-refractivity contribution in [3.8, 4) is 0 Å². The molecule has 0 N–H and O–H groups in total. The maximum absolute atomic E-state index is 6.16. The first-order valence-corrected chi connectivity index (χ1v) is 13.6. The Balaban J connectivity index is 1.38. The van der Waals surface area contributed by atoms with E-state index in [9.17, 15) is 0 Å². The van der Waals surface area contributed by atoms with Crippen molar-refractivity contribution < 1.29 is 0 Å². The van der Waals surface area contributed by atoms with Crippen LogP contribution in [0.25, 0.3) is 28.6 Å². The van der Waals surface area contributed by atoms with E-state index < -0.39 is 0 Å². The molecule has 1 nitrogen and oxygen atoms in total. The molecule has 1 heterocycles. The lowest BCUT2D eigenvalue weighted by atomic mass is 9.85. The molecule has 0 radical (unpaired) electrons. The number of hydrogen-bond acceptors (Lipinski definition) is 2. The molecule has 0 amide bonds. The van der Waals surface area contributed by atoms with Gasteiger partial charge in [0.1, 0.15) is 0 Å². The zero-order valence-corrected chi connectivity index (χ0v) is 22.4. The molecule has 182 valence electrons. The number of benzene rings is 3. The maximum Gasteiger partial charge on any atom is 0.0724 e. The minimum atomic E-state index is 0.383. The second-order valence-corrected chi connectivity index (χ2v) is 11.0. The molecule has 0 aliphatic heterocycles. The third-order valence-electron chi connectivity index (χ3n) is 7.18. The summed E-state index contributed by atoms with van der Waals surface area (Å²) in [6.07, 6.45) is 8.93. The monoisotopic (exact) mass is 509 g/mol. The predicted molar refractivity (Wildman–Crippen MR) is 160 cm³/mol. The van der Waals surface area contributed by atoms with Crippen LogP contribution in [-0.4, -0.2) is 10.2 Å². The molecule has 1 saturated carbocycles. The van der Waals surface area contributed by atoms with Crippen molar-refractivity contribution in [3.63, 3.8) is 0 Å². The molecule has 1 aromatic heterocycles. The van der Waals surface area contributed by atoms with E-state index in [1.54, 1.807) is 0 Å². The first kappa shape index (κ1) is 24.9. The van der Waals surface area contributed by atoms with E-state index in [2.05, 4.69) is 86.3 Å². The molecule has 4 aromatic rings. The number of nitrogens with zero attached hydrogens (tertiary/aromatic N) is 1. The second kappa shape index (κ2) is 11.1. The van der Waals surface area contributed by atoms with Crippen molar-refractivity contribution in [1.82, 2.24) is 4.98 Å². The second-order valence-electron chi connectivity index (χ2n) is 9.99. The van der Waals surface area contributed by atoms with Crippen molar-refractivity contribution >= 4 is 52.9 Å². The molecule has 2 atom stereocenters. The summed E-state index contributed by atoms with van der Waals surface area (Å²) in [7, 11) is 0. The average Bonchev–Trinajstić information content (AvgIpc) is 3.73. The lowest BCUT2D eigenvalue weighted by Crippen LogP contribution is -2.16. The van der Waals surface area contributed by atoms with Gasteiger partial charge in [0.25, 0.3) is 0 Å². The summed E-state index contributed by atoms with van der Waals surface area (Å²) in [5.74, 6) is 1.14. The van der Waals surface area contributed by atoms with Crippen LogP contribution in [0, 0.1) is 5.92 Å². The van der Waals surface area contributed by atoms with Crippen LogP contribution in [0.15, 0.2) is 85.4 Å². The number of aromatic nitrogens is 1. The zero-order valence-electron chi connectivity index (χ0n) is 20.7. The van der Waals surface area contributed by atoms with Gasteiger partial charge in [0.05, 0.1) is 11.2 Å². The normalized spacial score (nSPS) is 15.3. The van der Waals surface area contributed by atoms with E-state index >= 15 is 0 Å². The Morgan fingerprint density at radius 3 is 2.64 bits per heavy atom. The predicted octanol–water partition coefficient (Wildman–Crippen LogP) is 9.52. The molecule has 0 spiro atoms. The van der Waals surface area contributed by atoms with E-state index in [1.807, 2.05) is 18.2 Å². The Morgan fingerprint density at radius 1 is 1.03 bits per heavy atom. The van der Waals surface area contributed by atoms with Crippen molar-refractivity contribution in [2.45, 2.75) is 43.8 Å². The Labute approximate surface area is 225 Å². The summed E-state index contributed by atoms with van der Waals surface area (Å²) >= 11 is 11.3. The van der Waals surface area contributed by atoms with Crippen LogP contribution in [0.4, 0.5) is 0 Å². The van der Waals surface area contributed by atoms with Gasteiger partial charge in [0.2, 0.25) is 0 Å². The largest absolute Gasteiger partial charge is 0.248 e. The van der Waals surface area contributed by atoms with Gasteiger partial charge in [-0.1, -0.05) is 90.5 Å². The average molecular weight is 510 g/mol. The van der Waals surface area contributed by atoms with Gasteiger partial charge in [-0.25, -0.2) is 4.98 Å². The lowest BCUT2D eigenvalue weighted by Gasteiger charge is -2.25. The number of hydrogen-bond donors (Lipinski definition) is 1. The minimum Gasteiger partial charge on any atom is -0.248 e. The Kier molecular flexibility index (Phi) is 7.65. The van der Waals surface area contributed by atoms with Crippen LogP contribution in [0.3, 0.4) is 0 Å². The van der Waals surface area contributed by atoms with Crippen molar-refractivity contribution in [3.05, 3.63) is 118 Å². The summed E-state index contributed by atoms with van der Waals surface area (Å²) in [5.41, 5.74) is 8.18. The summed E-state index contributed by atoms with van der Waals surface area (Å²) in [6.45, 7) is 6.28. The van der Waals surface area contributed by atoms with Gasteiger partial charge in [-0.3, -0.25) is 0 Å². The van der Waals surface area contributed by atoms with Crippen molar-refractivity contribution in [2.24, 2.45) is 5.92 Å². The number of aryl methyl sites for hydroxylation is 1. The van der Waals surface area contributed by atoms with E-state index in [0.717, 1.165) is 40.9 Å². The highest BCUT2D eigenvalue weighted by Crippen LogP contribution is 2.44. The van der Waals surface area contributed by atoms with Crippen molar-refractivity contribution in [1.29, 1.82) is 0 Å². The van der Waals surface area contributed by atoms with Crippen molar-refractivity contribution in [2.75, 3.05) is 0 Å².